The van der Waals surface area contributed by atoms with E-state index in [-0.39, 0.29) is 0 Å². The molecule has 6 heteroatoms. The molecule has 5 nitrogen and oxygen atoms in total. The molecule has 0 bridgehead atoms. The molecule has 1 aromatic heterocycles. The van der Waals surface area contributed by atoms with Gasteiger partial charge in [-0.3, -0.25) is 4.57 Å². The smallest absolute Gasteiger partial charge is 0.274 e. The van der Waals surface area contributed by atoms with Crippen LogP contribution in [0.5, 0.6) is 5.75 Å². The minimum absolute atomic E-state index is 0.558. The molecule has 1 fully saturated rings. The SMILES string of the molecule is CCOc1ccccc1N1CC[NH+](Cn2c(=S)oc3ccccc32)CC1. The van der Waals surface area contributed by atoms with Crippen LogP contribution < -0.4 is 14.5 Å². The van der Waals surface area contributed by atoms with E-state index in [2.05, 4.69) is 33.7 Å². The Morgan fingerprint density at radius 3 is 2.62 bits per heavy atom. The Hall–Kier alpha value is -2.31. The number of piperazine rings is 1. The summed E-state index contributed by atoms with van der Waals surface area (Å²) in [5.41, 5.74) is 3.13. The fraction of sp³-hybridized carbons (Fsp3) is 0.350. The third-order valence-electron chi connectivity index (χ3n) is 4.93. The van der Waals surface area contributed by atoms with Gasteiger partial charge in [0.1, 0.15) is 5.75 Å². The number of nitrogens with one attached hydrogen (secondary N) is 1. The summed E-state index contributed by atoms with van der Waals surface area (Å²) < 4.78 is 13.6. The van der Waals surface area contributed by atoms with Crippen molar-refractivity contribution in [2.75, 3.05) is 37.7 Å². The second kappa shape index (κ2) is 7.51. The first-order valence-corrected chi connectivity index (χ1v) is 9.56. The highest BCUT2D eigenvalue weighted by molar-refractivity contribution is 7.71. The highest BCUT2D eigenvalue weighted by Crippen LogP contribution is 2.27. The average Bonchev–Trinajstić information content (AvgIpc) is 2.99. The van der Waals surface area contributed by atoms with E-state index in [9.17, 15) is 0 Å². The molecule has 3 aromatic rings. The molecule has 136 valence electrons. The summed E-state index contributed by atoms with van der Waals surface area (Å²) in [5.74, 6) is 0.974. The van der Waals surface area contributed by atoms with Crippen molar-refractivity contribution in [2.24, 2.45) is 0 Å². The highest BCUT2D eigenvalue weighted by Gasteiger charge is 2.23. The quantitative estimate of drug-likeness (QED) is 0.701. The Kier molecular flexibility index (Phi) is 4.95. The molecule has 0 unspecified atom stereocenters. The highest BCUT2D eigenvalue weighted by atomic mass is 32.1. The number of oxazole rings is 1. The summed E-state index contributed by atoms with van der Waals surface area (Å²) >= 11 is 5.42. The third kappa shape index (κ3) is 3.34. The minimum atomic E-state index is 0.558. The van der Waals surface area contributed by atoms with Crippen molar-refractivity contribution < 1.29 is 14.1 Å². The van der Waals surface area contributed by atoms with Crippen LogP contribution in [0.2, 0.25) is 0 Å². The van der Waals surface area contributed by atoms with E-state index in [0.717, 1.165) is 49.7 Å². The molecule has 1 N–H and O–H groups in total. The van der Waals surface area contributed by atoms with Crippen molar-refractivity contribution in [3.8, 4) is 5.75 Å². The summed E-state index contributed by atoms with van der Waals surface area (Å²) in [4.78, 5) is 4.49. The van der Waals surface area contributed by atoms with Crippen molar-refractivity contribution in [1.82, 2.24) is 4.57 Å². The Labute approximate surface area is 158 Å². The van der Waals surface area contributed by atoms with Crippen LogP contribution in [0.3, 0.4) is 0 Å². The van der Waals surface area contributed by atoms with Crippen LogP contribution in [0.25, 0.3) is 11.1 Å². The number of fused-ring (bicyclic) bond motifs is 1. The van der Waals surface area contributed by atoms with E-state index < -0.39 is 0 Å². The van der Waals surface area contributed by atoms with E-state index in [1.165, 1.54) is 10.6 Å². The number of para-hydroxylation sites is 4. The van der Waals surface area contributed by atoms with Gasteiger partial charge in [-0.2, -0.15) is 0 Å². The van der Waals surface area contributed by atoms with E-state index in [1.54, 1.807) is 0 Å². The Balaban J connectivity index is 1.46. The van der Waals surface area contributed by atoms with Crippen molar-refractivity contribution in [2.45, 2.75) is 13.6 Å². The van der Waals surface area contributed by atoms with Gasteiger partial charge in [0.05, 0.1) is 44.0 Å². The van der Waals surface area contributed by atoms with Gasteiger partial charge in [0.2, 0.25) is 0 Å². The van der Waals surface area contributed by atoms with Crippen LogP contribution in [-0.2, 0) is 6.67 Å². The number of hydrogen-bond acceptors (Lipinski definition) is 4. The summed E-state index contributed by atoms with van der Waals surface area (Å²) in [6, 6.07) is 16.4. The molecule has 0 amide bonds. The lowest BCUT2D eigenvalue weighted by molar-refractivity contribution is -0.923. The van der Waals surface area contributed by atoms with E-state index in [4.69, 9.17) is 21.4 Å². The maximum Gasteiger partial charge on any atom is 0.274 e. The molecule has 0 saturated carbocycles. The molecule has 26 heavy (non-hydrogen) atoms. The lowest BCUT2D eigenvalue weighted by atomic mass is 10.2. The van der Waals surface area contributed by atoms with Gasteiger partial charge in [0, 0.05) is 0 Å². The first-order chi connectivity index (χ1) is 12.8. The van der Waals surface area contributed by atoms with Gasteiger partial charge in [-0.1, -0.05) is 24.3 Å². The van der Waals surface area contributed by atoms with Gasteiger partial charge in [0.25, 0.3) is 4.84 Å². The molecule has 4 rings (SSSR count). The maximum atomic E-state index is 5.79. The maximum absolute atomic E-state index is 5.79. The molecule has 0 atom stereocenters. The second-order valence-electron chi connectivity index (χ2n) is 6.56. The molecular formula is C20H24N3O2S+. The number of nitrogens with zero attached hydrogens (tertiary/aromatic N) is 2. The number of benzene rings is 2. The number of quaternary nitrogens is 1. The normalized spacial score (nSPS) is 15.5. The van der Waals surface area contributed by atoms with Crippen LogP contribution >= 0.6 is 12.2 Å². The van der Waals surface area contributed by atoms with Gasteiger partial charge in [-0.15, -0.1) is 0 Å². The van der Waals surface area contributed by atoms with Crippen molar-refractivity contribution in [3.05, 3.63) is 53.4 Å². The standard InChI is InChI=1S/C20H23N3O2S/c1-2-24-18-9-5-3-7-16(18)22-13-11-21(12-14-22)15-23-17-8-4-6-10-19(17)25-20(23)26/h3-10H,2,11-15H2,1H3/p+1. The first kappa shape index (κ1) is 17.1. The molecule has 0 aliphatic carbocycles. The molecule has 1 saturated heterocycles. The topological polar surface area (TPSA) is 35.0 Å². The van der Waals surface area contributed by atoms with Crippen LogP contribution in [0.15, 0.2) is 52.9 Å². The second-order valence-corrected chi connectivity index (χ2v) is 6.91. The lowest BCUT2D eigenvalue weighted by Crippen LogP contribution is -3.14. The zero-order valence-electron chi connectivity index (χ0n) is 15.0. The Bertz CT molecular complexity index is 941. The molecular weight excluding hydrogens is 346 g/mol. The molecule has 0 spiro atoms. The largest absolute Gasteiger partial charge is 0.492 e. The molecule has 0 radical (unpaired) electrons. The number of rotatable bonds is 5. The Morgan fingerprint density at radius 2 is 1.81 bits per heavy atom. The lowest BCUT2D eigenvalue weighted by Gasteiger charge is -2.34. The zero-order valence-corrected chi connectivity index (χ0v) is 15.8. The van der Waals surface area contributed by atoms with E-state index in [1.807, 2.05) is 31.2 Å². The van der Waals surface area contributed by atoms with Crippen LogP contribution in [-0.4, -0.2) is 37.4 Å². The number of aromatic nitrogens is 1. The third-order valence-corrected chi connectivity index (χ3v) is 5.24. The monoisotopic (exact) mass is 370 g/mol. The Morgan fingerprint density at radius 1 is 1.08 bits per heavy atom. The first-order valence-electron chi connectivity index (χ1n) is 9.15. The molecule has 1 aliphatic rings. The average molecular weight is 370 g/mol. The van der Waals surface area contributed by atoms with Crippen LogP contribution in [0.4, 0.5) is 5.69 Å². The number of hydrogen-bond donors (Lipinski definition) is 1. The summed E-state index contributed by atoms with van der Waals surface area (Å²) in [5, 5.41) is 0. The predicted molar refractivity (Wildman–Crippen MR) is 106 cm³/mol. The van der Waals surface area contributed by atoms with Gasteiger partial charge < -0.3 is 19.0 Å². The zero-order chi connectivity index (χ0) is 17.9. The van der Waals surface area contributed by atoms with Gasteiger partial charge in [-0.05, 0) is 43.4 Å². The van der Waals surface area contributed by atoms with Crippen molar-refractivity contribution in [1.29, 1.82) is 0 Å². The molecule has 2 heterocycles. The van der Waals surface area contributed by atoms with Crippen LogP contribution in [0.1, 0.15) is 6.92 Å². The van der Waals surface area contributed by atoms with Crippen molar-refractivity contribution >= 4 is 29.0 Å². The van der Waals surface area contributed by atoms with E-state index in [0.29, 0.717) is 11.4 Å². The summed E-state index contributed by atoms with van der Waals surface area (Å²) in [6.07, 6.45) is 0. The number of ether oxygens (including phenoxy) is 1. The molecule has 2 aromatic carbocycles. The van der Waals surface area contributed by atoms with Gasteiger partial charge >= 0.3 is 0 Å². The molecule has 1 aliphatic heterocycles. The van der Waals surface area contributed by atoms with Crippen LogP contribution in [0, 0.1) is 4.84 Å². The fourth-order valence-electron chi connectivity index (χ4n) is 3.61. The fourth-order valence-corrected chi connectivity index (χ4v) is 3.86. The van der Waals surface area contributed by atoms with Crippen molar-refractivity contribution in [3.63, 3.8) is 0 Å². The van der Waals surface area contributed by atoms with Gasteiger partial charge in [0.15, 0.2) is 12.3 Å². The summed E-state index contributed by atoms with van der Waals surface area (Å²) in [6.45, 7) is 7.68. The number of anilines is 1. The minimum Gasteiger partial charge on any atom is -0.492 e. The van der Waals surface area contributed by atoms with Gasteiger partial charge in [-0.25, -0.2) is 0 Å². The van der Waals surface area contributed by atoms with E-state index >= 15 is 0 Å². The summed E-state index contributed by atoms with van der Waals surface area (Å²) in [7, 11) is 0. The predicted octanol–water partition coefficient (Wildman–Crippen LogP) is 2.73.